The van der Waals surface area contributed by atoms with Crippen LogP contribution in [0.2, 0.25) is 0 Å². The molecule has 132 valence electrons. The number of aromatic nitrogens is 2. The zero-order valence-corrected chi connectivity index (χ0v) is 14.2. The first-order valence-corrected chi connectivity index (χ1v) is 7.92. The standard InChI is InChI=1S/C17H22F3N3O/c1-10(2)15-22-16(24-23-15)12(4)21-11(3)8-13-6-5-7-14(9-13)17(18,19)20/h5-7,9-12,21H,8H2,1-4H3. The lowest BCUT2D eigenvalue weighted by Crippen LogP contribution is -2.31. The quantitative estimate of drug-likeness (QED) is 0.841. The van der Waals surface area contributed by atoms with Crippen molar-refractivity contribution >= 4 is 0 Å². The lowest BCUT2D eigenvalue weighted by molar-refractivity contribution is -0.137. The monoisotopic (exact) mass is 341 g/mol. The van der Waals surface area contributed by atoms with Gasteiger partial charge in [-0.3, -0.25) is 0 Å². The largest absolute Gasteiger partial charge is 0.416 e. The van der Waals surface area contributed by atoms with Gasteiger partial charge in [-0.15, -0.1) is 0 Å². The van der Waals surface area contributed by atoms with Gasteiger partial charge in [-0.25, -0.2) is 0 Å². The van der Waals surface area contributed by atoms with Crippen molar-refractivity contribution in [3.63, 3.8) is 0 Å². The van der Waals surface area contributed by atoms with Gasteiger partial charge in [0.1, 0.15) is 0 Å². The van der Waals surface area contributed by atoms with Crippen LogP contribution in [0.5, 0.6) is 0 Å². The van der Waals surface area contributed by atoms with E-state index in [9.17, 15) is 13.2 Å². The highest BCUT2D eigenvalue weighted by Gasteiger charge is 2.30. The van der Waals surface area contributed by atoms with Gasteiger partial charge < -0.3 is 9.84 Å². The van der Waals surface area contributed by atoms with E-state index >= 15 is 0 Å². The molecule has 1 heterocycles. The first-order valence-electron chi connectivity index (χ1n) is 7.92. The summed E-state index contributed by atoms with van der Waals surface area (Å²) in [4.78, 5) is 4.33. The average Bonchev–Trinajstić information content (AvgIpc) is 2.96. The van der Waals surface area contributed by atoms with E-state index < -0.39 is 11.7 Å². The van der Waals surface area contributed by atoms with Gasteiger partial charge in [-0.05, 0) is 31.9 Å². The summed E-state index contributed by atoms with van der Waals surface area (Å²) < 4.78 is 43.5. The van der Waals surface area contributed by atoms with Crippen LogP contribution in [0, 0.1) is 0 Å². The topological polar surface area (TPSA) is 51.0 Å². The van der Waals surface area contributed by atoms with Gasteiger partial charge in [-0.1, -0.05) is 37.2 Å². The van der Waals surface area contributed by atoms with E-state index in [2.05, 4.69) is 15.5 Å². The molecule has 7 heteroatoms. The van der Waals surface area contributed by atoms with Crippen LogP contribution in [0.25, 0.3) is 0 Å². The Hall–Kier alpha value is -1.89. The van der Waals surface area contributed by atoms with Crippen LogP contribution in [0.15, 0.2) is 28.8 Å². The number of hydrogen-bond donors (Lipinski definition) is 1. The molecule has 0 aliphatic heterocycles. The van der Waals surface area contributed by atoms with E-state index in [0.717, 1.165) is 6.07 Å². The smallest absolute Gasteiger partial charge is 0.338 e. The Labute approximate surface area is 139 Å². The third-order valence-corrected chi connectivity index (χ3v) is 3.67. The van der Waals surface area contributed by atoms with Crippen molar-refractivity contribution in [2.45, 2.75) is 58.3 Å². The number of benzene rings is 1. The molecule has 0 saturated carbocycles. The SMILES string of the molecule is CC(Cc1cccc(C(F)(F)F)c1)NC(C)c1nc(C(C)C)no1. The minimum atomic E-state index is -4.32. The van der Waals surface area contributed by atoms with Gasteiger partial charge in [-0.2, -0.15) is 18.2 Å². The Kier molecular flexibility index (Phi) is 5.64. The second kappa shape index (κ2) is 7.34. The molecule has 1 N–H and O–H groups in total. The minimum Gasteiger partial charge on any atom is -0.338 e. The molecule has 0 amide bonds. The van der Waals surface area contributed by atoms with Gasteiger partial charge in [0.2, 0.25) is 5.89 Å². The molecule has 0 aliphatic rings. The Bertz CT molecular complexity index is 667. The van der Waals surface area contributed by atoms with E-state index in [-0.39, 0.29) is 18.0 Å². The summed E-state index contributed by atoms with van der Waals surface area (Å²) in [5.41, 5.74) is 0.00384. The molecule has 0 fully saturated rings. The van der Waals surface area contributed by atoms with Crippen molar-refractivity contribution in [3.05, 3.63) is 47.1 Å². The molecule has 4 nitrogen and oxygen atoms in total. The predicted octanol–water partition coefficient (Wildman–Crippen LogP) is 4.49. The molecule has 0 radical (unpaired) electrons. The highest BCUT2D eigenvalue weighted by Crippen LogP contribution is 2.29. The van der Waals surface area contributed by atoms with Crippen molar-refractivity contribution in [3.8, 4) is 0 Å². The molecule has 1 aromatic carbocycles. The van der Waals surface area contributed by atoms with Crippen molar-refractivity contribution in [1.82, 2.24) is 15.5 Å². The fraction of sp³-hybridized carbons (Fsp3) is 0.529. The van der Waals surface area contributed by atoms with Crippen LogP contribution in [-0.2, 0) is 12.6 Å². The van der Waals surface area contributed by atoms with E-state index in [0.29, 0.717) is 23.7 Å². The summed E-state index contributed by atoms with van der Waals surface area (Å²) in [5, 5.41) is 7.19. The van der Waals surface area contributed by atoms with Crippen LogP contribution in [0.4, 0.5) is 13.2 Å². The first kappa shape index (κ1) is 18.4. The molecular formula is C17H22F3N3O. The number of nitrogens with zero attached hydrogens (tertiary/aromatic N) is 2. The summed E-state index contributed by atoms with van der Waals surface area (Å²) >= 11 is 0. The molecule has 0 aliphatic carbocycles. The van der Waals surface area contributed by atoms with Gasteiger partial charge in [0.25, 0.3) is 0 Å². The number of alkyl halides is 3. The van der Waals surface area contributed by atoms with E-state index in [1.54, 1.807) is 6.07 Å². The summed E-state index contributed by atoms with van der Waals surface area (Å²) in [6.45, 7) is 7.75. The molecule has 2 aromatic rings. The Morgan fingerprint density at radius 3 is 2.46 bits per heavy atom. The predicted molar refractivity (Wildman–Crippen MR) is 84.5 cm³/mol. The van der Waals surface area contributed by atoms with Crippen molar-refractivity contribution in [2.24, 2.45) is 0 Å². The lowest BCUT2D eigenvalue weighted by atomic mass is 10.0. The first-order chi connectivity index (χ1) is 11.2. The van der Waals surface area contributed by atoms with Crippen LogP contribution in [0.3, 0.4) is 0 Å². The fourth-order valence-corrected chi connectivity index (χ4v) is 2.44. The van der Waals surface area contributed by atoms with Crippen LogP contribution in [-0.4, -0.2) is 16.2 Å². The van der Waals surface area contributed by atoms with Gasteiger partial charge >= 0.3 is 6.18 Å². The highest BCUT2D eigenvalue weighted by atomic mass is 19.4. The highest BCUT2D eigenvalue weighted by molar-refractivity contribution is 5.26. The van der Waals surface area contributed by atoms with Gasteiger partial charge in [0, 0.05) is 12.0 Å². The summed E-state index contributed by atoms with van der Waals surface area (Å²) in [6, 6.07) is 5.18. The maximum absolute atomic E-state index is 12.8. The molecular weight excluding hydrogens is 319 g/mol. The summed E-state index contributed by atoms with van der Waals surface area (Å²) in [7, 11) is 0. The Morgan fingerprint density at radius 2 is 1.88 bits per heavy atom. The zero-order chi connectivity index (χ0) is 17.9. The minimum absolute atomic E-state index is 0.0436. The third kappa shape index (κ3) is 4.80. The molecule has 0 bridgehead atoms. The Morgan fingerprint density at radius 1 is 1.17 bits per heavy atom. The van der Waals surface area contributed by atoms with Crippen molar-refractivity contribution < 1.29 is 17.7 Å². The summed E-state index contributed by atoms with van der Waals surface area (Å²) in [5.74, 6) is 1.30. The number of halogens is 3. The molecule has 1 aromatic heterocycles. The number of nitrogens with one attached hydrogen (secondary N) is 1. The van der Waals surface area contributed by atoms with Crippen LogP contribution < -0.4 is 5.32 Å². The maximum Gasteiger partial charge on any atom is 0.416 e. The van der Waals surface area contributed by atoms with E-state index in [1.807, 2.05) is 27.7 Å². The van der Waals surface area contributed by atoms with Crippen LogP contribution >= 0.6 is 0 Å². The molecule has 2 rings (SSSR count). The van der Waals surface area contributed by atoms with E-state index in [1.165, 1.54) is 12.1 Å². The molecule has 0 saturated heterocycles. The molecule has 2 atom stereocenters. The maximum atomic E-state index is 12.8. The second-order valence-corrected chi connectivity index (χ2v) is 6.34. The normalized spacial score (nSPS) is 14.8. The fourth-order valence-electron chi connectivity index (χ4n) is 2.44. The lowest BCUT2D eigenvalue weighted by Gasteiger charge is -2.18. The van der Waals surface area contributed by atoms with Crippen molar-refractivity contribution in [2.75, 3.05) is 0 Å². The Balaban J connectivity index is 1.98. The number of rotatable bonds is 6. The third-order valence-electron chi connectivity index (χ3n) is 3.67. The van der Waals surface area contributed by atoms with Crippen molar-refractivity contribution in [1.29, 1.82) is 0 Å². The van der Waals surface area contributed by atoms with Gasteiger partial charge in [0.05, 0.1) is 11.6 Å². The van der Waals surface area contributed by atoms with E-state index in [4.69, 9.17) is 4.52 Å². The number of hydrogen-bond acceptors (Lipinski definition) is 4. The van der Waals surface area contributed by atoms with Crippen LogP contribution in [0.1, 0.15) is 62.5 Å². The molecule has 24 heavy (non-hydrogen) atoms. The van der Waals surface area contributed by atoms with Gasteiger partial charge in [0.15, 0.2) is 5.82 Å². The second-order valence-electron chi connectivity index (χ2n) is 6.34. The average molecular weight is 341 g/mol. The molecule has 0 spiro atoms. The zero-order valence-electron chi connectivity index (χ0n) is 14.2. The summed E-state index contributed by atoms with van der Waals surface area (Å²) in [6.07, 6.45) is -3.85. The molecule has 2 unspecified atom stereocenters.